The molecule has 18 heavy (non-hydrogen) atoms. The van der Waals surface area contributed by atoms with Gasteiger partial charge in [-0.3, -0.25) is 9.69 Å². The highest BCUT2D eigenvalue weighted by Crippen LogP contribution is 2.27. The first-order valence-corrected chi connectivity index (χ1v) is 7.41. The maximum atomic E-state index is 11.7. The zero-order chi connectivity index (χ0) is 13.0. The lowest BCUT2D eigenvalue weighted by atomic mass is 10.1. The molecule has 1 amide bonds. The number of hydrogen-bond donors (Lipinski definition) is 2. The molecule has 0 bridgehead atoms. The van der Waals surface area contributed by atoms with Gasteiger partial charge in [-0.2, -0.15) is 0 Å². The van der Waals surface area contributed by atoms with E-state index in [1.54, 1.807) is 0 Å². The Morgan fingerprint density at radius 3 is 2.94 bits per heavy atom. The SMILES string of the molecule is CC(C)CCNC(=O)CNC1CCN2CCCC12. The second-order valence-electron chi connectivity index (χ2n) is 6.05. The molecule has 2 heterocycles. The van der Waals surface area contributed by atoms with E-state index >= 15 is 0 Å². The summed E-state index contributed by atoms with van der Waals surface area (Å²) in [5.74, 6) is 0.798. The van der Waals surface area contributed by atoms with Crippen molar-refractivity contribution in [2.45, 2.75) is 51.6 Å². The van der Waals surface area contributed by atoms with Crippen LogP contribution in [0.5, 0.6) is 0 Å². The molecule has 2 N–H and O–H groups in total. The molecule has 0 radical (unpaired) electrons. The summed E-state index contributed by atoms with van der Waals surface area (Å²) in [4.78, 5) is 14.3. The molecule has 2 rings (SSSR count). The van der Waals surface area contributed by atoms with Crippen molar-refractivity contribution in [1.29, 1.82) is 0 Å². The zero-order valence-corrected chi connectivity index (χ0v) is 11.7. The van der Waals surface area contributed by atoms with Crippen LogP contribution in [0.4, 0.5) is 0 Å². The molecule has 4 heteroatoms. The summed E-state index contributed by atoms with van der Waals surface area (Å²) in [6, 6.07) is 1.22. The average molecular weight is 253 g/mol. The van der Waals surface area contributed by atoms with Crippen molar-refractivity contribution in [3.8, 4) is 0 Å². The van der Waals surface area contributed by atoms with Gasteiger partial charge in [-0.25, -0.2) is 0 Å². The smallest absolute Gasteiger partial charge is 0.233 e. The van der Waals surface area contributed by atoms with Crippen LogP contribution in [0.1, 0.15) is 39.5 Å². The molecule has 0 spiro atoms. The monoisotopic (exact) mass is 253 g/mol. The van der Waals surface area contributed by atoms with E-state index < -0.39 is 0 Å². The van der Waals surface area contributed by atoms with Crippen molar-refractivity contribution >= 4 is 5.91 Å². The molecule has 0 aliphatic carbocycles. The third-order valence-corrected chi connectivity index (χ3v) is 4.17. The first-order valence-electron chi connectivity index (χ1n) is 7.41. The molecule has 0 aromatic rings. The van der Waals surface area contributed by atoms with Crippen LogP contribution < -0.4 is 10.6 Å². The Bertz CT molecular complexity index is 280. The van der Waals surface area contributed by atoms with Crippen molar-refractivity contribution in [2.24, 2.45) is 5.92 Å². The third-order valence-electron chi connectivity index (χ3n) is 4.17. The number of hydrogen-bond acceptors (Lipinski definition) is 3. The van der Waals surface area contributed by atoms with Crippen LogP contribution in [-0.2, 0) is 4.79 Å². The fourth-order valence-corrected chi connectivity index (χ4v) is 3.11. The number of rotatable bonds is 6. The van der Waals surface area contributed by atoms with Crippen LogP contribution >= 0.6 is 0 Å². The Labute approximate surface area is 110 Å². The van der Waals surface area contributed by atoms with Crippen LogP contribution in [-0.4, -0.2) is 49.1 Å². The Kier molecular flexibility index (Phi) is 5.01. The van der Waals surface area contributed by atoms with Gasteiger partial charge in [0.25, 0.3) is 0 Å². The fourth-order valence-electron chi connectivity index (χ4n) is 3.11. The zero-order valence-electron chi connectivity index (χ0n) is 11.7. The van der Waals surface area contributed by atoms with E-state index in [2.05, 4.69) is 29.4 Å². The molecule has 0 aromatic heterocycles. The maximum Gasteiger partial charge on any atom is 0.233 e. The summed E-state index contributed by atoms with van der Waals surface area (Å²) in [7, 11) is 0. The van der Waals surface area contributed by atoms with E-state index in [1.165, 1.54) is 32.4 Å². The highest BCUT2D eigenvalue weighted by atomic mass is 16.1. The summed E-state index contributed by atoms with van der Waals surface area (Å²) in [5.41, 5.74) is 0. The summed E-state index contributed by atoms with van der Waals surface area (Å²) in [5, 5.41) is 6.42. The van der Waals surface area contributed by atoms with Gasteiger partial charge in [-0.15, -0.1) is 0 Å². The third kappa shape index (κ3) is 3.69. The number of fused-ring (bicyclic) bond motifs is 1. The van der Waals surface area contributed by atoms with Gasteiger partial charge in [-0.1, -0.05) is 13.8 Å². The van der Waals surface area contributed by atoms with Gasteiger partial charge in [0.05, 0.1) is 6.54 Å². The molecule has 0 aromatic carbocycles. The Morgan fingerprint density at radius 2 is 2.17 bits per heavy atom. The Morgan fingerprint density at radius 1 is 1.33 bits per heavy atom. The van der Waals surface area contributed by atoms with Crippen LogP contribution in [0.2, 0.25) is 0 Å². The van der Waals surface area contributed by atoms with E-state index in [0.29, 0.717) is 24.5 Å². The first-order chi connectivity index (χ1) is 8.66. The van der Waals surface area contributed by atoms with E-state index in [0.717, 1.165) is 13.0 Å². The molecule has 2 saturated heterocycles. The summed E-state index contributed by atoms with van der Waals surface area (Å²) in [6.07, 6.45) is 4.88. The lowest BCUT2D eigenvalue weighted by Gasteiger charge is -2.21. The minimum absolute atomic E-state index is 0.145. The molecular weight excluding hydrogens is 226 g/mol. The second kappa shape index (κ2) is 6.53. The van der Waals surface area contributed by atoms with Crippen molar-refractivity contribution in [1.82, 2.24) is 15.5 Å². The summed E-state index contributed by atoms with van der Waals surface area (Å²) < 4.78 is 0. The number of carbonyl (C=O) groups excluding carboxylic acids is 1. The molecular formula is C14H27N3O. The molecule has 2 fully saturated rings. The predicted molar refractivity (Wildman–Crippen MR) is 73.5 cm³/mol. The Balaban J connectivity index is 1.61. The quantitative estimate of drug-likeness (QED) is 0.741. The van der Waals surface area contributed by atoms with Gasteiger partial charge >= 0.3 is 0 Å². The van der Waals surface area contributed by atoms with Crippen LogP contribution in [0.25, 0.3) is 0 Å². The largest absolute Gasteiger partial charge is 0.355 e. The van der Waals surface area contributed by atoms with E-state index in [-0.39, 0.29) is 5.91 Å². The van der Waals surface area contributed by atoms with Crippen LogP contribution in [0.3, 0.4) is 0 Å². The number of amides is 1. The van der Waals surface area contributed by atoms with E-state index in [1.807, 2.05) is 0 Å². The normalized spacial score (nSPS) is 27.7. The summed E-state index contributed by atoms with van der Waals surface area (Å²) in [6.45, 7) is 8.10. The average Bonchev–Trinajstić information content (AvgIpc) is 2.88. The molecule has 2 aliphatic heterocycles. The van der Waals surface area contributed by atoms with E-state index in [4.69, 9.17) is 0 Å². The molecule has 4 nitrogen and oxygen atoms in total. The second-order valence-corrected chi connectivity index (χ2v) is 6.05. The fraction of sp³-hybridized carbons (Fsp3) is 0.929. The topological polar surface area (TPSA) is 44.4 Å². The van der Waals surface area contributed by atoms with Crippen LogP contribution in [0, 0.1) is 5.92 Å². The number of nitrogens with zero attached hydrogens (tertiary/aromatic N) is 1. The van der Waals surface area contributed by atoms with Gasteiger partial charge in [0.15, 0.2) is 0 Å². The van der Waals surface area contributed by atoms with Crippen LogP contribution in [0.15, 0.2) is 0 Å². The van der Waals surface area contributed by atoms with Crippen molar-refractivity contribution < 1.29 is 4.79 Å². The van der Waals surface area contributed by atoms with Crippen molar-refractivity contribution in [3.05, 3.63) is 0 Å². The van der Waals surface area contributed by atoms with Crippen molar-refractivity contribution in [2.75, 3.05) is 26.2 Å². The van der Waals surface area contributed by atoms with Gasteiger partial charge in [0, 0.05) is 25.2 Å². The predicted octanol–water partition coefficient (Wildman–Crippen LogP) is 0.975. The minimum Gasteiger partial charge on any atom is -0.355 e. The standard InChI is InChI=1S/C14H27N3O/c1-11(2)5-7-15-14(18)10-16-12-6-9-17-8-3-4-13(12)17/h11-13,16H,3-10H2,1-2H3,(H,15,18). The molecule has 2 unspecified atom stereocenters. The molecule has 2 atom stereocenters. The first kappa shape index (κ1) is 13.8. The van der Waals surface area contributed by atoms with Gasteiger partial charge < -0.3 is 10.6 Å². The highest BCUT2D eigenvalue weighted by molar-refractivity contribution is 5.77. The highest BCUT2D eigenvalue weighted by Gasteiger charge is 2.36. The van der Waals surface area contributed by atoms with Gasteiger partial charge in [0.2, 0.25) is 5.91 Å². The molecule has 2 aliphatic rings. The lowest BCUT2D eigenvalue weighted by Crippen LogP contribution is -2.44. The van der Waals surface area contributed by atoms with E-state index in [9.17, 15) is 4.79 Å². The molecule has 104 valence electrons. The number of carbonyl (C=O) groups is 1. The van der Waals surface area contributed by atoms with Crippen molar-refractivity contribution in [3.63, 3.8) is 0 Å². The minimum atomic E-state index is 0.145. The molecule has 0 saturated carbocycles. The lowest BCUT2D eigenvalue weighted by molar-refractivity contribution is -0.120. The maximum absolute atomic E-state index is 11.7. The van der Waals surface area contributed by atoms with Gasteiger partial charge in [-0.05, 0) is 38.1 Å². The Hall–Kier alpha value is -0.610. The number of nitrogens with one attached hydrogen (secondary N) is 2. The van der Waals surface area contributed by atoms with Gasteiger partial charge in [0.1, 0.15) is 0 Å². The summed E-state index contributed by atoms with van der Waals surface area (Å²) >= 11 is 0.